The Bertz CT molecular complexity index is 445. The molecule has 0 aliphatic carbocycles. The van der Waals surface area contributed by atoms with Gasteiger partial charge in [-0.25, -0.2) is 4.79 Å². The monoisotopic (exact) mass is 313 g/mol. The second-order valence-electron chi connectivity index (χ2n) is 7.00. The van der Waals surface area contributed by atoms with Crippen LogP contribution in [0.4, 0.5) is 4.79 Å². The number of nitrogens with zero attached hydrogens (tertiary/aromatic N) is 1. The summed E-state index contributed by atoms with van der Waals surface area (Å²) in [4.78, 5) is 36.5. The molecular formula is C15H27N3O4. The van der Waals surface area contributed by atoms with E-state index in [-0.39, 0.29) is 24.3 Å². The fraction of sp³-hybridized carbons (Fsp3) is 0.800. The summed E-state index contributed by atoms with van der Waals surface area (Å²) in [5.74, 6) is -0.631. The Labute approximate surface area is 131 Å². The van der Waals surface area contributed by atoms with Gasteiger partial charge in [0.15, 0.2) is 0 Å². The van der Waals surface area contributed by atoms with Gasteiger partial charge < -0.3 is 20.7 Å². The highest BCUT2D eigenvalue weighted by atomic mass is 16.6. The van der Waals surface area contributed by atoms with Gasteiger partial charge in [0.2, 0.25) is 11.8 Å². The first-order valence-corrected chi connectivity index (χ1v) is 7.58. The number of nitrogens with two attached hydrogens (primary N) is 1. The van der Waals surface area contributed by atoms with E-state index in [2.05, 4.69) is 5.32 Å². The highest BCUT2D eigenvalue weighted by Crippen LogP contribution is 2.26. The predicted octanol–water partition coefficient (Wildman–Crippen LogP) is 1.01. The second kappa shape index (κ2) is 6.98. The van der Waals surface area contributed by atoms with Crippen molar-refractivity contribution in [2.75, 3.05) is 6.54 Å². The van der Waals surface area contributed by atoms with Crippen molar-refractivity contribution in [3.05, 3.63) is 0 Å². The molecule has 0 radical (unpaired) electrons. The van der Waals surface area contributed by atoms with E-state index >= 15 is 0 Å². The molecule has 3 atom stereocenters. The van der Waals surface area contributed by atoms with Crippen molar-refractivity contribution in [1.82, 2.24) is 10.2 Å². The highest BCUT2D eigenvalue weighted by Gasteiger charge is 2.42. The van der Waals surface area contributed by atoms with Crippen molar-refractivity contribution >= 4 is 17.9 Å². The number of nitrogens with one attached hydrogen (secondary N) is 1. The van der Waals surface area contributed by atoms with Crippen LogP contribution in [0.25, 0.3) is 0 Å². The molecule has 1 aliphatic heterocycles. The van der Waals surface area contributed by atoms with Gasteiger partial charge in [-0.15, -0.1) is 0 Å². The lowest BCUT2D eigenvalue weighted by Gasteiger charge is -2.45. The van der Waals surface area contributed by atoms with E-state index in [1.54, 1.807) is 20.8 Å². The Hall–Kier alpha value is -1.79. The lowest BCUT2D eigenvalue weighted by molar-refractivity contribution is -0.151. The first-order valence-electron chi connectivity index (χ1n) is 7.58. The average molecular weight is 313 g/mol. The normalized spacial score (nSPS) is 22.5. The number of ether oxygens (including phenoxy) is 1. The number of carbonyl (C=O) groups excluding carboxylic acids is 3. The van der Waals surface area contributed by atoms with Gasteiger partial charge >= 0.3 is 6.09 Å². The van der Waals surface area contributed by atoms with Crippen LogP contribution in [0.15, 0.2) is 0 Å². The molecular weight excluding hydrogens is 286 g/mol. The van der Waals surface area contributed by atoms with Crippen LogP contribution in [0, 0.1) is 5.92 Å². The third-order valence-corrected chi connectivity index (χ3v) is 3.51. The number of carbonyl (C=O) groups is 3. The fourth-order valence-corrected chi connectivity index (χ4v) is 2.44. The topological polar surface area (TPSA) is 102 Å². The standard InChI is InChI=1S/C15H27N3O4/c1-9(8-17-14(21)22-15(3,4)5)6-12(19)18-10(2)7-11(18)13(16)20/h9-11H,6-8H2,1-5H3,(H2,16,20)(H,17,21). The van der Waals surface area contributed by atoms with Gasteiger partial charge in [-0.1, -0.05) is 6.92 Å². The molecule has 126 valence electrons. The number of likely N-dealkylation sites (tertiary alicyclic amines) is 1. The van der Waals surface area contributed by atoms with Crippen LogP contribution in [0.1, 0.15) is 47.5 Å². The number of hydrogen-bond donors (Lipinski definition) is 2. The van der Waals surface area contributed by atoms with E-state index in [1.807, 2.05) is 13.8 Å². The Kier molecular flexibility index (Phi) is 5.79. The van der Waals surface area contributed by atoms with Crippen LogP contribution >= 0.6 is 0 Å². The van der Waals surface area contributed by atoms with Crippen LogP contribution in [0.3, 0.4) is 0 Å². The van der Waals surface area contributed by atoms with E-state index in [0.29, 0.717) is 13.0 Å². The Morgan fingerprint density at radius 1 is 1.36 bits per heavy atom. The van der Waals surface area contributed by atoms with E-state index < -0.39 is 23.6 Å². The molecule has 1 saturated heterocycles. The number of primary amides is 1. The second-order valence-corrected chi connectivity index (χ2v) is 7.00. The molecule has 0 saturated carbocycles. The zero-order valence-corrected chi connectivity index (χ0v) is 14.0. The lowest BCUT2D eigenvalue weighted by atomic mass is 9.92. The molecule has 22 heavy (non-hydrogen) atoms. The summed E-state index contributed by atoms with van der Waals surface area (Å²) in [6.07, 6.45) is 0.370. The molecule has 0 aromatic carbocycles. The van der Waals surface area contributed by atoms with E-state index in [4.69, 9.17) is 10.5 Å². The summed E-state index contributed by atoms with van der Waals surface area (Å²) in [7, 11) is 0. The van der Waals surface area contributed by atoms with Gasteiger partial charge in [0.1, 0.15) is 11.6 Å². The summed E-state index contributed by atoms with van der Waals surface area (Å²) in [5, 5.41) is 2.64. The quantitative estimate of drug-likeness (QED) is 0.791. The van der Waals surface area contributed by atoms with Crippen molar-refractivity contribution in [3.63, 3.8) is 0 Å². The predicted molar refractivity (Wildman–Crippen MR) is 81.9 cm³/mol. The highest BCUT2D eigenvalue weighted by molar-refractivity contribution is 5.88. The molecule has 1 aliphatic rings. The first-order chi connectivity index (χ1) is 10.0. The third kappa shape index (κ3) is 5.20. The summed E-state index contributed by atoms with van der Waals surface area (Å²) in [5.41, 5.74) is 4.72. The lowest BCUT2D eigenvalue weighted by Crippen LogP contribution is -2.62. The maximum absolute atomic E-state index is 12.2. The molecule has 7 nitrogen and oxygen atoms in total. The SMILES string of the molecule is CC(CNC(=O)OC(C)(C)C)CC(=O)N1C(C)CC1C(N)=O. The minimum absolute atomic E-state index is 0.0380. The maximum Gasteiger partial charge on any atom is 0.407 e. The fourth-order valence-electron chi connectivity index (χ4n) is 2.44. The number of amides is 3. The van der Waals surface area contributed by atoms with Crippen molar-refractivity contribution in [1.29, 1.82) is 0 Å². The van der Waals surface area contributed by atoms with E-state index in [1.165, 1.54) is 4.90 Å². The van der Waals surface area contributed by atoms with Crippen molar-refractivity contribution in [3.8, 4) is 0 Å². The minimum atomic E-state index is -0.551. The zero-order chi connectivity index (χ0) is 17.1. The Morgan fingerprint density at radius 3 is 2.41 bits per heavy atom. The van der Waals surface area contributed by atoms with Crippen LogP contribution in [-0.2, 0) is 14.3 Å². The summed E-state index contributed by atoms with van der Waals surface area (Å²) in [6, 6.07) is -0.454. The summed E-state index contributed by atoms with van der Waals surface area (Å²) >= 11 is 0. The van der Waals surface area contributed by atoms with E-state index in [9.17, 15) is 14.4 Å². The smallest absolute Gasteiger partial charge is 0.407 e. The Balaban J connectivity index is 2.38. The maximum atomic E-state index is 12.2. The molecule has 0 aromatic rings. The zero-order valence-electron chi connectivity index (χ0n) is 14.0. The molecule has 3 amide bonds. The molecule has 1 heterocycles. The molecule has 3 N–H and O–H groups in total. The average Bonchev–Trinajstić information content (AvgIpc) is 2.30. The van der Waals surface area contributed by atoms with Crippen LogP contribution in [0.5, 0.6) is 0 Å². The minimum Gasteiger partial charge on any atom is -0.444 e. The van der Waals surface area contributed by atoms with Gasteiger partial charge in [0, 0.05) is 19.0 Å². The third-order valence-electron chi connectivity index (χ3n) is 3.51. The van der Waals surface area contributed by atoms with Crippen molar-refractivity contribution < 1.29 is 19.1 Å². The number of alkyl carbamates (subject to hydrolysis) is 1. The summed E-state index contributed by atoms with van der Waals surface area (Å²) < 4.78 is 5.13. The Morgan fingerprint density at radius 2 is 1.95 bits per heavy atom. The molecule has 0 aromatic heterocycles. The van der Waals surface area contributed by atoms with Crippen LogP contribution in [-0.4, -0.2) is 47.0 Å². The molecule has 0 spiro atoms. The van der Waals surface area contributed by atoms with E-state index in [0.717, 1.165) is 0 Å². The largest absolute Gasteiger partial charge is 0.444 e. The van der Waals surface area contributed by atoms with Crippen LogP contribution < -0.4 is 11.1 Å². The molecule has 1 fully saturated rings. The molecule has 3 unspecified atom stereocenters. The number of rotatable bonds is 5. The van der Waals surface area contributed by atoms with Crippen molar-refractivity contribution in [2.24, 2.45) is 11.7 Å². The van der Waals surface area contributed by atoms with Crippen LogP contribution in [0.2, 0.25) is 0 Å². The van der Waals surface area contributed by atoms with Gasteiger partial charge in [0.25, 0.3) is 0 Å². The van der Waals surface area contributed by atoms with Crippen molar-refractivity contribution in [2.45, 2.75) is 65.1 Å². The molecule has 1 rings (SSSR count). The first kappa shape index (κ1) is 18.3. The number of hydrogen-bond acceptors (Lipinski definition) is 4. The molecule has 7 heteroatoms. The van der Waals surface area contributed by atoms with Gasteiger partial charge in [-0.2, -0.15) is 0 Å². The van der Waals surface area contributed by atoms with Gasteiger partial charge in [-0.05, 0) is 40.0 Å². The summed E-state index contributed by atoms with van der Waals surface area (Å²) in [6.45, 7) is 9.45. The molecule has 0 bridgehead atoms. The van der Waals surface area contributed by atoms with Gasteiger partial charge in [-0.3, -0.25) is 9.59 Å². The van der Waals surface area contributed by atoms with Gasteiger partial charge in [0.05, 0.1) is 0 Å².